The molecule has 1 N–H and O–H groups in total. The molecule has 0 spiro atoms. The molecule has 0 aromatic carbocycles. The van der Waals surface area contributed by atoms with Gasteiger partial charge in [-0.15, -0.1) is 0 Å². The normalized spacial score (nSPS) is 21.4. The van der Waals surface area contributed by atoms with E-state index < -0.39 is 31.0 Å². The summed E-state index contributed by atoms with van der Waals surface area (Å²) >= 11 is 0. The predicted octanol–water partition coefficient (Wildman–Crippen LogP) is 2.50. The first kappa shape index (κ1) is 15.7. The molecule has 0 saturated carbocycles. The number of amides is 1. The van der Waals surface area contributed by atoms with Crippen molar-refractivity contribution in [1.29, 1.82) is 0 Å². The average molecular weight is 279 g/mol. The maximum absolute atomic E-state index is 13.2. The van der Waals surface area contributed by atoms with Crippen LogP contribution in [0.3, 0.4) is 0 Å². The van der Waals surface area contributed by atoms with E-state index in [1.165, 1.54) is 0 Å². The lowest BCUT2D eigenvalue weighted by molar-refractivity contribution is -0.143. The molecule has 0 radical (unpaired) electrons. The van der Waals surface area contributed by atoms with Gasteiger partial charge in [0.05, 0.1) is 13.2 Å². The monoisotopic (exact) mass is 279 g/mol. The van der Waals surface area contributed by atoms with E-state index in [2.05, 4.69) is 0 Å². The number of carbonyl (C=O) groups is 2. The third-order valence-electron chi connectivity index (χ3n) is 3.10. The van der Waals surface area contributed by atoms with Gasteiger partial charge in [0.25, 0.3) is 5.92 Å². The van der Waals surface area contributed by atoms with E-state index >= 15 is 0 Å². The summed E-state index contributed by atoms with van der Waals surface area (Å²) in [5, 5.41) is 8.85. The summed E-state index contributed by atoms with van der Waals surface area (Å²) in [7, 11) is 0. The minimum Gasteiger partial charge on any atom is -0.466 e. The van der Waals surface area contributed by atoms with Crippen molar-refractivity contribution in [3.8, 4) is 0 Å². The number of rotatable bonds is 6. The number of nitrogens with zero attached hydrogens (tertiary/aromatic N) is 1. The molecular weight excluding hydrogens is 260 g/mol. The molecule has 0 bridgehead atoms. The van der Waals surface area contributed by atoms with Crippen LogP contribution in [0.15, 0.2) is 0 Å². The van der Waals surface area contributed by atoms with E-state index in [4.69, 9.17) is 9.84 Å². The number of unbranched alkanes of at least 4 members (excludes halogenated alkanes) is 1. The summed E-state index contributed by atoms with van der Waals surface area (Å²) in [6.07, 6.45) is -0.102. The van der Waals surface area contributed by atoms with Crippen molar-refractivity contribution < 1.29 is 28.2 Å². The zero-order valence-corrected chi connectivity index (χ0v) is 10.9. The van der Waals surface area contributed by atoms with Gasteiger partial charge in [0, 0.05) is 18.9 Å². The van der Waals surface area contributed by atoms with Crippen LogP contribution >= 0.6 is 0 Å². The average Bonchev–Trinajstić information content (AvgIpc) is 2.61. The number of likely N-dealkylation sites (tertiary alicyclic amines) is 1. The number of alkyl halides is 2. The zero-order chi connectivity index (χ0) is 14.5. The van der Waals surface area contributed by atoms with Gasteiger partial charge in [-0.05, 0) is 19.8 Å². The highest BCUT2D eigenvalue weighted by atomic mass is 19.3. The number of hydrogen-bond acceptors (Lipinski definition) is 3. The Kier molecular flexibility index (Phi) is 5.50. The fourth-order valence-electron chi connectivity index (χ4n) is 2.26. The molecule has 0 aliphatic carbocycles. The van der Waals surface area contributed by atoms with Crippen molar-refractivity contribution in [2.24, 2.45) is 0 Å². The summed E-state index contributed by atoms with van der Waals surface area (Å²) in [5.74, 6) is -3.25. The van der Waals surface area contributed by atoms with Crippen LogP contribution in [0.5, 0.6) is 0 Å². The Labute approximate surface area is 110 Å². The number of ether oxygens (including phenoxy) is 1. The zero-order valence-electron chi connectivity index (χ0n) is 10.9. The van der Waals surface area contributed by atoms with Gasteiger partial charge in [-0.1, -0.05) is 6.42 Å². The third kappa shape index (κ3) is 5.00. The predicted molar refractivity (Wildman–Crippen MR) is 63.2 cm³/mol. The number of carbonyl (C=O) groups excluding carboxylic acids is 1. The Morgan fingerprint density at radius 3 is 2.68 bits per heavy atom. The molecule has 1 fully saturated rings. The van der Waals surface area contributed by atoms with Crippen molar-refractivity contribution in [2.45, 2.75) is 51.0 Å². The van der Waals surface area contributed by atoms with E-state index in [1.807, 2.05) is 0 Å². The summed E-state index contributed by atoms with van der Waals surface area (Å²) in [6, 6.07) is -0.658. The lowest BCUT2D eigenvalue weighted by Crippen LogP contribution is -2.35. The Balaban J connectivity index is 2.31. The van der Waals surface area contributed by atoms with Crippen LogP contribution in [0, 0.1) is 0 Å². The first-order valence-electron chi connectivity index (χ1n) is 6.38. The Morgan fingerprint density at radius 2 is 2.11 bits per heavy atom. The van der Waals surface area contributed by atoms with Gasteiger partial charge >= 0.3 is 12.1 Å². The minimum atomic E-state index is -2.94. The van der Waals surface area contributed by atoms with E-state index in [0.29, 0.717) is 25.9 Å². The largest absolute Gasteiger partial charge is 0.466 e. The number of carboxylic acid groups (broad SMARTS) is 1. The first-order valence-corrected chi connectivity index (χ1v) is 6.38. The van der Waals surface area contributed by atoms with Crippen molar-refractivity contribution in [3.05, 3.63) is 0 Å². The second kappa shape index (κ2) is 6.68. The van der Waals surface area contributed by atoms with Crippen molar-refractivity contribution in [1.82, 2.24) is 4.90 Å². The van der Waals surface area contributed by atoms with Gasteiger partial charge in [-0.2, -0.15) is 0 Å². The maximum Gasteiger partial charge on any atom is 0.407 e. The number of hydrogen-bond donors (Lipinski definition) is 1. The fraction of sp³-hybridized carbons (Fsp3) is 0.833. The smallest absolute Gasteiger partial charge is 0.407 e. The molecule has 1 heterocycles. The van der Waals surface area contributed by atoms with Crippen molar-refractivity contribution in [2.75, 3.05) is 13.2 Å². The Morgan fingerprint density at radius 1 is 1.42 bits per heavy atom. The molecule has 7 heteroatoms. The maximum atomic E-state index is 13.2. The molecule has 19 heavy (non-hydrogen) atoms. The van der Waals surface area contributed by atoms with Crippen LogP contribution < -0.4 is 0 Å². The molecule has 5 nitrogen and oxygen atoms in total. The van der Waals surface area contributed by atoms with E-state index in [1.54, 1.807) is 6.92 Å². The molecular formula is C12H19F2NO4. The quantitative estimate of drug-likeness (QED) is 0.599. The van der Waals surface area contributed by atoms with Crippen LogP contribution in [0.2, 0.25) is 0 Å². The SMILES string of the molecule is CCOC(=O)CCCCC1CC(F)(F)CN1C(=O)O. The Bertz CT molecular complexity index is 336. The van der Waals surface area contributed by atoms with Gasteiger partial charge in [0.2, 0.25) is 0 Å². The molecule has 1 aliphatic heterocycles. The molecule has 0 aromatic rings. The first-order chi connectivity index (χ1) is 8.85. The molecule has 1 aliphatic rings. The topological polar surface area (TPSA) is 66.8 Å². The van der Waals surface area contributed by atoms with Gasteiger partial charge in [-0.3, -0.25) is 9.69 Å². The highest BCUT2D eigenvalue weighted by Crippen LogP contribution is 2.34. The standard InChI is InChI=1S/C12H19F2NO4/c1-2-19-10(16)6-4-3-5-9-7-12(13,14)8-15(9)11(17)18/h9H,2-8H2,1H3,(H,17,18). The molecule has 1 amide bonds. The molecule has 110 valence electrons. The van der Waals surface area contributed by atoms with Crippen molar-refractivity contribution >= 4 is 12.1 Å². The highest BCUT2D eigenvalue weighted by molar-refractivity contribution is 5.69. The van der Waals surface area contributed by atoms with E-state index in [9.17, 15) is 18.4 Å². The van der Waals surface area contributed by atoms with Crippen LogP contribution in [-0.2, 0) is 9.53 Å². The van der Waals surface area contributed by atoms with Gasteiger partial charge in [0.15, 0.2) is 0 Å². The van der Waals surface area contributed by atoms with Crippen LogP contribution in [0.4, 0.5) is 13.6 Å². The van der Waals surface area contributed by atoms with Gasteiger partial charge in [-0.25, -0.2) is 13.6 Å². The number of esters is 1. The molecule has 1 saturated heterocycles. The molecule has 1 rings (SSSR count). The summed E-state index contributed by atoms with van der Waals surface area (Å²) in [4.78, 5) is 22.7. The van der Waals surface area contributed by atoms with Gasteiger partial charge in [0.1, 0.15) is 0 Å². The Hall–Kier alpha value is -1.40. The lowest BCUT2D eigenvalue weighted by atomic mass is 10.1. The van der Waals surface area contributed by atoms with Crippen LogP contribution in [0.1, 0.15) is 39.0 Å². The van der Waals surface area contributed by atoms with E-state index in [0.717, 1.165) is 4.90 Å². The third-order valence-corrected chi connectivity index (χ3v) is 3.10. The number of halogens is 2. The summed E-state index contributed by atoms with van der Waals surface area (Å²) in [6.45, 7) is 1.30. The summed E-state index contributed by atoms with van der Waals surface area (Å²) in [5.41, 5.74) is 0. The molecule has 0 aromatic heterocycles. The fourth-order valence-corrected chi connectivity index (χ4v) is 2.26. The summed E-state index contributed by atoms with van der Waals surface area (Å²) < 4.78 is 31.1. The molecule has 1 unspecified atom stereocenters. The minimum absolute atomic E-state index is 0.240. The van der Waals surface area contributed by atoms with Crippen LogP contribution in [0.25, 0.3) is 0 Å². The molecule has 1 atom stereocenters. The lowest BCUT2D eigenvalue weighted by Gasteiger charge is -2.20. The van der Waals surface area contributed by atoms with E-state index in [-0.39, 0.29) is 12.4 Å². The van der Waals surface area contributed by atoms with Crippen molar-refractivity contribution in [3.63, 3.8) is 0 Å². The van der Waals surface area contributed by atoms with Gasteiger partial charge < -0.3 is 9.84 Å². The highest BCUT2D eigenvalue weighted by Gasteiger charge is 2.46. The second-order valence-electron chi connectivity index (χ2n) is 4.68. The second-order valence-corrected chi connectivity index (χ2v) is 4.68. The van der Waals surface area contributed by atoms with Crippen LogP contribution in [-0.4, -0.2) is 47.2 Å².